The van der Waals surface area contributed by atoms with Crippen molar-refractivity contribution in [3.05, 3.63) is 31.6 Å². The van der Waals surface area contributed by atoms with Crippen LogP contribution in [-0.4, -0.2) is 11.0 Å². The summed E-state index contributed by atoms with van der Waals surface area (Å²) in [7, 11) is 0. The van der Waals surface area contributed by atoms with E-state index in [1.54, 1.807) is 22.6 Å². The van der Waals surface area contributed by atoms with E-state index < -0.39 is 10.7 Å². The lowest BCUT2D eigenvalue weighted by Crippen LogP contribution is -2.16. The molecular weight excluding hydrogens is 374 g/mol. The Labute approximate surface area is 132 Å². The highest BCUT2D eigenvalue weighted by molar-refractivity contribution is 14.1. The Kier molecular flexibility index (Phi) is 7.18. The zero-order valence-corrected chi connectivity index (χ0v) is 13.9. The van der Waals surface area contributed by atoms with Gasteiger partial charge < -0.3 is 5.32 Å². The summed E-state index contributed by atoms with van der Waals surface area (Å²) in [6, 6.07) is 2.56. The van der Waals surface area contributed by atoms with Crippen molar-refractivity contribution in [1.29, 1.82) is 0 Å². The minimum Gasteiger partial charge on any atom is -0.377 e. The predicted octanol–water partition coefficient (Wildman–Crippen LogP) is 5.11. The van der Waals surface area contributed by atoms with Gasteiger partial charge in [0.1, 0.15) is 11.5 Å². The molecule has 0 saturated carbocycles. The highest BCUT2D eigenvalue weighted by Crippen LogP contribution is 2.29. The van der Waals surface area contributed by atoms with Crippen LogP contribution >= 0.6 is 22.6 Å². The SMILES string of the molecule is CCCCCCC(C)Nc1cc(F)c(I)cc1[N+](=O)[O-]. The molecule has 0 spiro atoms. The third-order valence-electron chi connectivity index (χ3n) is 3.13. The van der Waals surface area contributed by atoms with Crippen LogP contribution in [0, 0.1) is 19.5 Å². The van der Waals surface area contributed by atoms with E-state index in [0.717, 1.165) is 19.3 Å². The smallest absolute Gasteiger partial charge is 0.293 e. The number of nitro groups is 1. The largest absolute Gasteiger partial charge is 0.377 e. The normalized spacial score (nSPS) is 12.2. The number of nitrogens with one attached hydrogen (secondary N) is 1. The molecule has 0 amide bonds. The molecule has 0 fully saturated rings. The van der Waals surface area contributed by atoms with Gasteiger partial charge in [-0.25, -0.2) is 4.39 Å². The Morgan fingerprint density at radius 1 is 1.40 bits per heavy atom. The topological polar surface area (TPSA) is 55.2 Å². The fourth-order valence-corrected chi connectivity index (χ4v) is 2.47. The minimum atomic E-state index is -0.478. The second-order valence-electron chi connectivity index (χ2n) is 4.94. The van der Waals surface area contributed by atoms with Crippen LogP contribution in [0.3, 0.4) is 0 Å². The van der Waals surface area contributed by atoms with E-state index in [1.807, 2.05) is 6.92 Å². The monoisotopic (exact) mass is 394 g/mol. The van der Waals surface area contributed by atoms with Gasteiger partial charge in [-0.3, -0.25) is 10.1 Å². The molecule has 1 unspecified atom stereocenters. The van der Waals surface area contributed by atoms with Gasteiger partial charge >= 0.3 is 0 Å². The van der Waals surface area contributed by atoms with E-state index in [2.05, 4.69) is 12.2 Å². The van der Waals surface area contributed by atoms with Crippen molar-refractivity contribution in [1.82, 2.24) is 0 Å². The molecule has 20 heavy (non-hydrogen) atoms. The lowest BCUT2D eigenvalue weighted by molar-refractivity contribution is -0.384. The van der Waals surface area contributed by atoms with E-state index in [4.69, 9.17) is 0 Å². The van der Waals surface area contributed by atoms with Gasteiger partial charge in [-0.2, -0.15) is 0 Å². The summed E-state index contributed by atoms with van der Waals surface area (Å²) in [4.78, 5) is 10.5. The van der Waals surface area contributed by atoms with Gasteiger partial charge in [0, 0.05) is 18.2 Å². The molecule has 0 bridgehead atoms. The molecule has 0 aliphatic heterocycles. The summed E-state index contributed by atoms with van der Waals surface area (Å²) in [6.07, 6.45) is 5.53. The summed E-state index contributed by atoms with van der Waals surface area (Å²) in [6.45, 7) is 4.12. The molecule has 1 aromatic carbocycles. The van der Waals surface area contributed by atoms with Gasteiger partial charge in [-0.05, 0) is 35.9 Å². The van der Waals surface area contributed by atoms with Crippen LogP contribution in [0.25, 0.3) is 0 Å². The molecule has 0 aromatic heterocycles. The van der Waals surface area contributed by atoms with Crippen LogP contribution in [0.5, 0.6) is 0 Å². The highest BCUT2D eigenvalue weighted by Gasteiger charge is 2.18. The number of nitrogens with zero attached hydrogens (tertiary/aromatic N) is 1. The number of hydrogen-bond acceptors (Lipinski definition) is 3. The first-order chi connectivity index (χ1) is 9.45. The Balaban J connectivity index is 2.70. The van der Waals surface area contributed by atoms with Crippen molar-refractivity contribution in [2.45, 2.75) is 52.0 Å². The Morgan fingerprint density at radius 3 is 2.70 bits per heavy atom. The van der Waals surface area contributed by atoms with E-state index in [-0.39, 0.29) is 21.0 Å². The molecule has 0 saturated heterocycles. The molecule has 0 radical (unpaired) electrons. The first kappa shape index (κ1) is 17.1. The molecule has 112 valence electrons. The molecule has 1 aromatic rings. The molecule has 0 aliphatic rings. The second kappa shape index (κ2) is 8.39. The number of anilines is 1. The van der Waals surface area contributed by atoms with Crippen molar-refractivity contribution in [3.63, 3.8) is 0 Å². The average molecular weight is 394 g/mol. The molecule has 0 heterocycles. The van der Waals surface area contributed by atoms with Crippen molar-refractivity contribution < 1.29 is 9.31 Å². The number of rotatable bonds is 8. The van der Waals surface area contributed by atoms with Gasteiger partial charge in [0.15, 0.2) is 0 Å². The fourth-order valence-electron chi connectivity index (χ4n) is 2.02. The number of halogens is 2. The van der Waals surface area contributed by atoms with Crippen LogP contribution in [0.4, 0.5) is 15.8 Å². The average Bonchev–Trinajstić information content (AvgIpc) is 2.38. The van der Waals surface area contributed by atoms with Gasteiger partial charge in [0.05, 0.1) is 8.49 Å². The first-order valence-corrected chi connectivity index (χ1v) is 7.93. The number of nitro benzene ring substituents is 1. The van der Waals surface area contributed by atoms with E-state index in [9.17, 15) is 14.5 Å². The molecule has 4 nitrogen and oxygen atoms in total. The summed E-state index contributed by atoms with van der Waals surface area (Å²) in [5.74, 6) is -0.433. The Morgan fingerprint density at radius 2 is 2.10 bits per heavy atom. The Bertz CT molecular complexity index is 469. The fraction of sp³-hybridized carbons (Fsp3) is 0.571. The van der Waals surface area contributed by atoms with Crippen LogP contribution < -0.4 is 5.32 Å². The lowest BCUT2D eigenvalue weighted by Gasteiger charge is -2.15. The molecular formula is C14H20FIN2O2. The first-order valence-electron chi connectivity index (χ1n) is 6.85. The maximum absolute atomic E-state index is 13.6. The second-order valence-corrected chi connectivity index (χ2v) is 6.10. The van der Waals surface area contributed by atoms with E-state index >= 15 is 0 Å². The van der Waals surface area contributed by atoms with Crippen LogP contribution in [-0.2, 0) is 0 Å². The highest BCUT2D eigenvalue weighted by atomic mass is 127. The lowest BCUT2D eigenvalue weighted by atomic mass is 10.1. The van der Waals surface area contributed by atoms with Crippen molar-refractivity contribution in [2.24, 2.45) is 0 Å². The van der Waals surface area contributed by atoms with Crippen LogP contribution in [0.2, 0.25) is 0 Å². The minimum absolute atomic E-state index is 0.0730. The van der Waals surface area contributed by atoms with Gasteiger partial charge in [0.25, 0.3) is 5.69 Å². The van der Waals surface area contributed by atoms with Crippen molar-refractivity contribution >= 4 is 34.0 Å². The predicted molar refractivity (Wildman–Crippen MR) is 87.6 cm³/mol. The van der Waals surface area contributed by atoms with E-state index in [0.29, 0.717) is 0 Å². The van der Waals surface area contributed by atoms with Crippen LogP contribution in [0.1, 0.15) is 46.0 Å². The van der Waals surface area contributed by atoms with E-state index in [1.165, 1.54) is 25.0 Å². The molecule has 1 atom stereocenters. The molecule has 0 aliphatic carbocycles. The van der Waals surface area contributed by atoms with Gasteiger partial charge in [-0.15, -0.1) is 0 Å². The number of hydrogen-bond donors (Lipinski definition) is 1. The summed E-state index contributed by atoms with van der Waals surface area (Å²) < 4.78 is 13.8. The molecule has 1 N–H and O–H groups in total. The third kappa shape index (κ3) is 5.22. The zero-order valence-electron chi connectivity index (χ0n) is 11.8. The standard InChI is InChI=1S/C14H20FIN2O2/c1-3-4-5-6-7-10(2)17-13-8-11(15)12(16)9-14(13)18(19)20/h8-10,17H,3-7H2,1-2H3. The number of unbranched alkanes of at least 4 members (excludes halogenated alkanes) is 3. The third-order valence-corrected chi connectivity index (χ3v) is 3.95. The molecule has 6 heteroatoms. The summed E-state index contributed by atoms with van der Waals surface area (Å²) in [5, 5.41) is 14.1. The quantitative estimate of drug-likeness (QED) is 0.289. The summed E-state index contributed by atoms with van der Waals surface area (Å²) >= 11 is 1.76. The van der Waals surface area contributed by atoms with Crippen molar-refractivity contribution in [2.75, 3.05) is 5.32 Å². The Hall–Kier alpha value is -0.920. The summed E-state index contributed by atoms with van der Waals surface area (Å²) in [5.41, 5.74) is 0.187. The van der Waals surface area contributed by atoms with Crippen LogP contribution in [0.15, 0.2) is 12.1 Å². The van der Waals surface area contributed by atoms with Gasteiger partial charge in [-0.1, -0.05) is 32.6 Å². The van der Waals surface area contributed by atoms with Gasteiger partial charge in [0.2, 0.25) is 0 Å². The number of benzene rings is 1. The maximum atomic E-state index is 13.6. The maximum Gasteiger partial charge on any atom is 0.293 e. The molecule has 1 rings (SSSR count). The zero-order chi connectivity index (χ0) is 15.1. The van der Waals surface area contributed by atoms with Crippen molar-refractivity contribution in [3.8, 4) is 0 Å².